The van der Waals surface area contributed by atoms with Gasteiger partial charge in [0.25, 0.3) is 0 Å². The Morgan fingerprint density at radius 1 is 0.560 bits per heavy atom. The molecule has 1 aliphatic carbocycles. The van der Waals surface area contributed by atoms with Gasteiger partial charge in [-0.15, -0.1) is 22.7 Å². The third kappa shape index (κ3) is 5.06. The number of rotatable bonds is 5. The number of benzene rings is 6. The van der Waals surface area contributed by atoms with Gasteiger partial charge in [0.1, 0.15) is 0 Å². The molecule has 3 nitrogen and oxygen atoms in total. The first-order valence-corrected chi connectivity index (χ1v) is 17.3. The summed E-state index contributed by atoms with van der Waals surface area (Å²) in [5, 5.41) is 0.120. The van der Waals surface area contributed by atoms with E-state index in [0.717, 1.165) is 44.9 Å². The zero-order valence-electron chi connectivity index (χ0n) is 39.8. The van der Waals surface area contributed by atoms with Crippen LogP contribution < -0.4 is 0 Å². The SMILES string of the molecule is [2H]C1=C([2H])C([2H])C([2H])c2c1sc1c([2H])c([2H])c([2H])c(-c3nc(-c4cccc(-c5ccc(-c6ccccc6)cc5)c4)nc(-c4c([2H])c([2H])c5sc6c([2H])c([2H])c([2H])c([2H])c6c5c4[2H])n3)c21. The van der Waals surface area contributed by atoms with Crippen molar-refractivity contribution in [3.63, 3.8) is 0 Å². The Bertz CT molecular complexity index is 3520. The third-order valence-corrected chi connectivity index (χ3v) is 10.5. The molecule has 6 aromatic carbocycles. The van der Waals surface area contributed by atoms with Gasteiger partial charge in [-0.3, -0.25) is 0 Å². The lowest BCUT2D eigenvalue weighted by Crippen LogP contribution is -2.01. The van der Waals surface area contributed by atoms with Crippen LogP contribution in [0.25, 0.3) is 92.7 Å². The number of aryl methyl sites for hydroxylation is 1. The highest BCUT2D eigenvalue weighted by Crippen LogP contribution is 2.42. The Morgan fingerprint density at radius 3 is 2.14 bits per heavy atom. The zero-order valence-corrected chi connectivity index (χ0v) is 27.5. The van der Waals surface area contributed by atoms with Crippen LogP contribution in [0.5, 0.6) is 0 Å². The molecule has 0 N–H and O–H groups in total. The molecule has 0 amide bonds. The van der Waals surface area contributed by atoms with E-state index in [1.165, 1.54) is 0 Å². The predicted octanol–water partition coefficient (Wildman–Crippen LogP) is 12.7. The van der Waals surface area contributed by atoms with Crippen molar-refractivity contribution in [2.45, 2.75) is 12.8 Å². The summed E-state index contributed by atoms with van der Waals surface area (Å²) in [6.45, 7) is 0. The van der Waals surface area contributed by atoms with E-state index in [2.05, 4.69) is 0 Å². The highest BCUT2D eigenvalue weighted by Gasteiger charge is 2.20. The van der Waals surface area contributed by atoms with Gasteiger partial charge in [0.05, 0.1) is 16.4 Å². The average Bonchev–Trinajstić information content (AvgIpc) is 3.92. The fraction of sp³-hybridized carbons (Fsp3) is 0.0444. The van der Waals surface area contributed by atoms with Crippen LogP contribution in [0, 0.1) is 0 Å². The van der Waals surface area contributed by atoms with Crippen molar-refractivity contribution in [2.75, 3.05) is 0 Å². The molecule has 3 heterocycles. The highest BCUT2D eigenvalue weighted by molar-refractivity contribution is 7.25. The molecule has 3 aromatic heterocycles. The minimum atomic E-state index is -1.46. The number of thiophene rings is 2. The van der Waals surface area contributed by atoms with Crippen LogP contribution in [-0.2, 0) is 6.40 Å². The summed E-state index contributed by atoms with van der Waals surface area (Å²) in [6, 6.07) is 20.1. The molecule has 2 atom stereocenters. The lowest BCUT2D eigenvalue weighted by molar-refractivity contribution is 1.00. The van der Waals surface area contributed by atoms with E-state index >= 15 is 0 Å². The predicted molar refractivity (Wildman–Crippen MR) is 213 cm³/mol. The molecule has 0 fully saturated rings. The summed E-state index contributed by atoms with van der Waals surface area (Å²) in [5.41, 5.74) is 3.89. The molecule has 0 radical (unpaired) electrons. The Balaban J connectivity index is 1.27. The Kier molecular flexibility index (Phi) is 4.39. The first kappa shape index (κ1) is 18.3. The van der Waals surface area contributed by atoms with E-state index in [9.17, 15) is 4.11 Å². The number of fused-ring (bicyclic) bond motifs is 6. The van der Waals surface area contributed by atoms with Crippen LogP contribution in [0.1, 0.15) is 36.0 Å². The van der Waals surface area contributed by atoms with Crippen LogP contribution in [0.4, 0.5) is 0 Å². The molecule has 0 bridgehead atoms. The molecule has 0 saturated carbocycles. The van der Waals surface area contributed by atoms with Crippen molar-refractivity contribution in [1.82, 2.24) is 15.0 Å². The second kappa shape index (κ2) is 12.0. The molecule has 50 heavy (non-hydrogen) atoms. The molecule has 0 spiro atoms. The maximum Gasteiger partial charge on any atom is 0.164 e. The molecule has 236 valence electrons. The molecule has 1 aliphatic rings. The fourth-order valence-corrected chi connectivity index (χ4v) is 8.04. The van der Waals surface area contributed by atoms with Gasteiger partial charge in [-0.2, -0.15) is 0 Å². The Hall–Kier alpha value is -5.75. The molecule has 10 rings (SSSR count). The van der Waals surface area contributed by atoms with E-state index in [0.29, 0.717) is 5.56 Å². The molecule has 0 saturated heterocycles. The van der Waals surface area contributed by atoms with Crippen LogP contribution >= 0.6 is 22.7 Å². The first-order chi connectivity index (χ1) is 30.6. The molecule has 0 aliphatic heterocycles. The average molecular weight is 690 g/mol. The first-order valence-electron chi connectivity index (χ1n) is 22.8. The molecule has 2 unspecified atom stereocenters. The normalized spacial score (nSPS) is 19.8. The smallest absolute Gasteiger partial charge is 0.164 e. The molecule has 9 aromatic rings. The summed E-state index contributed by atoms with van der Waals surface area (Å²) in [4.78, 5) is 14.6. The van der Waals surface area contributed by atoms with Crippen molar-refractivity contribution < 1.29 is 19.2 Å². The van der Waals surface area contributed by atoms with Gasteiger partial charge in [0.2, 0.25) is 0 Å². The van der Waals surface area contributed by atoms with E-state index in [1.54, 1.807) is 12.1 Å². The molecular weight excluding hydrogens is 647 g/mol. The number of hydrogen-bond donors (Lipinski definition) is 0. The van der Waals surface area contributed by atoms with E-state index in [1.807, 2.05) is 66.7 Å². The second-order valence-corrected chi connectivity index (χ2v) is 13.5. The third-order valence-electron chi connectivity index (χ3n) is 8.49. The maximum atomic E-state index is 9.58. The van der Waals surface area contributed by atoms with Gasteiger partial charge in [0.15, 0.2) is 17.5 Å². The molecule has 5 heteroatoms. The van der Waals surface area contributed by atoms with Gasteiger partial charge < -0.3 is 0 Å². The summed E-state index contributed by atoms with van der Waals surface area (Å²) in [5.74, 6) is -0.541. The summed E-state index contributed by atoms with van der Waals surface area (Å²) in [6.07, 6.45) is -2.86. The van der Waals surface area contributed by atoms with Gasteiger partial charge >= 0.3 is 0 Å². The minimum absolute atomic E-state index is 0.00119. The quantitative estimate of drug-likeness (QED) is 0.181. The van der Waals surface area contributed by atoms with Crippen LogP contribution in [0.2, 0.25) is 0 Å². The largest absolute Gasteiger partial charge is 0.208 e. The highest BCUT2D eigenvalue weighted by atomic mass is 32.1. The second-order valence-electron chi connectivity index (χ2n) is 11.5. The van der Waals surface area contributed by atoms with Crippen LogP contribution in [-0.4, -0.2) is 15.0 Å². The Morgan fingerprint density at radius 2 is 1.26 bits per heavy atom. The van der Waals surface area contributed by atoms with Crippen LogP contribution in [0.15, 0.2) is 145 Å². The van der Waals surface area contributed by atoms with Gasteiger partial charge in [-0.25, -0.2) is 15.0 Å². The van der Waals surface area contributed by atoms with Gasteiger partial charge in [0, 0.05) is 54.6 Å². The lowest BCUT2D eigenvalue weighted by Gasteiger charge is -2.12. The lowest BCUT2D eigenvalue weighted by atomic mass is 9.97. The van der Waals surface area contributed by atoms with Gasteiger partial charge in [-0.1, -0.05) is 109 Å². The van der Waals surface area contributed by atoms with Crippen molar-refractivity contribution in [1.29, 1.82) is 0 Å². The zero-order chi connectivity index (χ0) is 45.2. The maximum absolute atomic E-state index is 9.58. The summed E-state index contributed by atoms with van der Waals surface area (Å²) >= 11 is 1.80. The van der Waals surface area contributed by atoms with E-state index in [-0.39, 0.29) is 106 Å². The van der Waals surface area contributed by atoms with Crippen molar-refractivity contribution in [2.24, 2.45) is 0 Å². The molecular formula is C45H29N3S2. The van der Waals surface area contributed by atoms with Crippen molar-refractivity contribution in [3.8, 4) is 56.4 Å². The number of nitrogens with zero attached hydrogens (tertiary/aromatic N) is 3. The fourth-order valence-electron chi connectivity index (χ4n) is 6.11. The van der Waals surface area contributed by atoms with Crippen molar-refractivity contribution in [3.05, 3.63) is 156 Å². The Labute approximate surface area is 317 Å². The summed E-state index contributed by atoms with van der Waals surface area (Å²) in [7, 11) is 0. The monoisotopic (exact) mass is 689 g/mol. The number of allylic oxidation sites excluding steroid dienone is 1. The van der Waals surface area contributed by atoms with Crippen molar-refractivity contribution >= 4 is 59.0 Å². The van der Waals surface area contributed by atoms with E-state index < -0.39 is 49.0 Å². The number of hydrogen-bond acceptors (Lipinski definition) is 5. The number of aromatic nitrogens is 3. The van der Waals surface area contributed by atoms with Gasteiger partial charge in [-0.05, 0) is 82.9 Å². The summed E-state index contributed by atoms with van der Waals surface area (Å²) < 4.78 is 124. The minimum Gasteiger partial charge on any atom is -0.208 e. The van der Waals surface area contributed by atoms with E-state index in [4.69, 9.17) is 30.0 Å². The van der Waals surface area contributed by atoms with Crippen LogP contribution in [0.3, 0.4) is 0 Å². The standard InChI is InChI=1S/C45H29N3S2/c1-2-10-28(11-3-1)29-20-22-30(23-21-29)31-12-8-13-32(26-31)43-46-44(33-24-25-40-37(27-33)34-14-4-6-17-38(34)49-40)48-45(47-43)36-16-9-19-41-42(36)35-15-5-7-18-39(35)50-41/h1-4,6-14,16-27H,5,15H2/i4D,5D,6D,7D,9D,14D,15D,16D,17D,18D,19D,24D,25D,27D. The topological polar surface area (TPSA) is 38.7 Å².